The Morgan fingerprint density at radius 3 is 2.65 bits per heavy atom. The second kappa shape index (κ2) is 8.78. The Hall–Kier alpha value is -0.260. The van der Waals surface area contributed by atoms with Crippen LogP contribution in [0.15, 0.2) is 0 Å². The third kappa shape index (κ3) is 6.29. The van der Waals surface area contributed by atoms with Crippen molar-refractivity contribution in [3.8, 4) is 0 Å². The van der Waals surface area contributed by atoms with Gasteiger partial charge in [-0.15, -0.1) is 0 Å². The van der Waals surface area contributed by atoms with Gasteiger partial charge in [0.2, 0.25) is 0 Å². The summed E-state index contributed by atoms with van der Waals surface area (Å²) in [4.78, 5) is 0. The molecule has 1 heterocycles. The predicted molar refractivity (Wildman–Crippen MR) is 62.4 cm³/mol. The minimum absolute atomic E-state index is 0.363. The number of ether oxygens (including phenoxy) is 2. The zero-order chi connectivity index (χ0) is 12.5. The fraction of sp³-hybridized carbons (Fsp3) is 1.00. The summed E-state index contributed by atoms with van der Waals surface area (Å²) in [6.07, 6.45) is 0.528. The van der Waals surface area contributed by atoms with Crippen LogP contribution in [0.2, 0.25) is 0 Å². The van der Waals surface area contributed by atoms with Crippen molar-refractivity contribution in [1.82, 2.24) is 5.32 Å². The first-order valence-electron chi connectivity index (χ1n) is 6.41. The number of hydrogen-bond donors (Lipinski definition) is 1. The molecule has 0 aromatic carbocycles. The van der Waals surface area contributed by atoms with E-state index in [0.29, 0.717) is 18.6 Å². The van der Waals surface area contributed by atoms with E-state index in [1.807, 2.05) is 0 Å². The lowest BCUT2D eigenvalue weighted by Crippen LogP contribution is -2.39. The summed E-state index contributed by atoms with van der Waals surface area (Å²) in [6, 6.07) is 0.363. The topological polar surface area (TPSA) is 30.5 Å². The second-order valence-corrected chi connectivity index (χ2v) is 4.37. The molecule has 1 rings (SSSR count). The van der Waals surface area contributed by atoms with Gasteiger partial charge in [-0.3, -0.25) is 0 Å². The van der Waals surface area contributed by atoms with Crippen LogP contribution in [-0.2, 0) is 9.47 Å². The molecule has 0 radical (unpaired) electrons. The van der Waals surface area contributed by atoms with E-state index in [4.69, 9.17) is 9.47 Å². The molecule has 1 fully saturated rings. The van der Waals surface area contributed by atoms with Crippen LogP contribution in [0, 0.1) is 5.92 Å². The van der Waals surface area contributed by atoms with Crippen LogP contribution in [0.3, 0.4) is 0 Å². The van der Waals surface area contributed by atoms with Gasteiger partial charge < -0.3 is 14.8 Å². The SMILES string of the molecule is CCNC(CCOCC(F)F)C1CCOCC1. The summed E-state index contributed by atoms with van der Waals surface area (Å²) in [5.41, 5.74) is 0. The number of halogens is 2. The lowest BCUT2D eigenvalue weighted by atomic mass is 9.90. The number of hydrogen-bond acceptors (Lipinski definition) is 3. The molecule has 1 saturated heterocycles. The third-order valence-electron chi connectivity index (χ3n) is 3.12. The molecular weight excluding hydrogens is 228 g/mol. The fourth-order valence-corrected chi connectivity index (χ4v) is 2.27. The molecule has 0 aromatic rings. The van der Waals surface area contributed by atoms with E-state index in [-0.39, 0.29) is 0 Å². The quantitative estimate of drug-likeness (QED) is 0.670. The molecule has 1 atom stereocenters. The zero-order valence-corrected chi connectivity index (χ0v) is 10.5. The highest BCUT2D eigenvalue weighted by Gasteiger charge is 2.23. The van der Waals surface area contributed by atoms with Gasteiger partial charge in [-0.25, -0.2) is 8.78 Å². The molecule has 1 aliphatic rings. The van der Waals surface area contributed by atoms with Crippen molar-refractivity contribution in [2.75, 3.05) is 33.0 Å². The molecule has 0 amide bonds. The van der Waals surface area contributed by atoms with Gasteiger partial charge in [-0.1, -0.05) is 6.92 Å². The molecule has 1 unspecified atom stereocenters. The zero-order valence-electron chi connectivity index (χ0n) is 10.5. The number of nitrogens with one attached hydrogen (secondary N) is 1. The summed E-state index contributed by atoms with van der Waals surface area (Å²) in [5, 5.41) is 3.42. The van der Waals surface area contributed by atoms with Gasteiger partial charge >= 0.3 is 0 Å². The standard InChI is InChI=1S/C12H23F2NO2/c1-2-15-11(5-8-17-9-12(13)14)10-3-6-16-7-4-10/h10-12,15H,2-9H2,1H3. The fourth-order valence-electron chi connectivity index (χ4n) is 2.27. The van der Waals surface area contributed by atoms with Crippen molar-refractivity contribution < 1.29 is 18.3 Å². The maximum absolute atomic E-state index is 11.9. The average molecular weight is 251 g/mol. The van der Waals surface area contributed by atoms with Crippen molar-refractivity contribution >= 4 is 0 Å². The largest absolute Gasteiger partial charge is 0.381 e. The molecular formula is C12H23F2NO2. The first kappa shape index (κ1) is 14.8. The van der Waals surface area contributed by atoms with Crippen LogP contribution in [0.25, 0.3) is 0 Å². The summed E-state index contributed by atoms with van der Waals surface area (Å²) in [5.74, 6) is 0.582. The first-order chi connectivity index (χ1) is 8.24. The summed E-state index contributed by atoms with van der Waals surface area (Å²) >= 11 is 0. The van der Waals surface area contributed by atoms with Gasteiger partial charge in [0.25, 0.3) is 6.43 Å². The summed E-state index contributed by atoms with van der Waals surface area (Å²) in [6.45, 7) is 4.53. The van der Waals surface area contributed by atoms with Crippen molar-refractivity contribution in [3.05, 3.63) is 0 Å². The Morgan fingerprint density at radius 2 is 2.06 bits per heavy atom. The van der Waals surface area contributed by atoms with Crippen molar-refractivity contribution in [1.29, 1.82) is 0 Å². The van der Waals surface area contributed by atoms with E-state index in [9.17, 15) is 8.78 Å². The maximum Gasteiger partial charge on any atom is 0.261 e. The third-order valence-corrected chi connectivity index (χ3v) is 3.12. The molecule has 5 heteroatoms. The average Bonchev–Trinajstić information content (AvgIpc) is 2.34. The van der Waals surface area contributed by atoms with Crippen LogP contribution >= 0.6 is 0 Å². The Balaban J connectivity index is 2.21. The van der Waals surface area contributed by atoms with Gasteiger partial charge in [0.05, 0.1) is 0 Å². The van der Waals surface area contributed by atoms with Gasteiger partial charge in [0, 0.05) is 25.9 Å². The minimum atomic E-state index is -2.37. The molecule has 17 heavy (non-hydrogen) atoms. The number of alkyl halides is 2. The van der Waals surface area contributed by atoms with Gasteiger partial charge in [0.1, 0.15) is 6.61 Å². The van der Waals surface area contributed by atoms with Crippen molar-refractivity contribution in [3.63, 3.8) is 0 Å². The molecule has 0 aromatic heterocycles. The summed E-state index contributed by atoms with van der Waals surface area (Å²) < 4.78 is 34.1. The van der Waals surface area contributed by atoms with Gasteiger partial charge in [-0.2, -0.15) is 0 Å². The Labute approximate surface area is 102 Å². The lowest BCUT2D eigenvalue weighted by Gasteiger charge is -2.30. The second-order valence-electron chi connectivity index (χ2n) is 4.37. The van der Waals surface area contributed by atoms with Gasteiger partial charge in [0.15, 0.2) is 0 Å². The maximum atomic E-state index is 11.9. The first-order valence-corrected chi connectivity index (χ1v) is 6.41. The Kier molecular flexibility index (Phi) is 7.64. The smallest absolute Gasteiger partial charge is 0.261 e. The highest BCUT2D eigenvalue weighted by Crippen LogP contribution is 2.20. The molecule has 0 spiro atoms. The number of rotatable bonds is 8. The predicted octanol–water partition coefficient (Wildman–Crippen LogP) is 2.06. The molecule has 0 saturated carbocycles. The molecule has 102 valence electrons. The molecule has 0 aliphatic carbocycles. The molecule has 0 bridgehead atoms. The monoisotopic (exact) mass is 251 g/mol. The van der Waals surface area contributed by atoms with Crippen LogP contribution in [0.4, 0.5) is 8.78 Å². The van der Waals surface area contributed by atoms with Crippen molar-refractivity contribution in [2.45, 2.75) is 38.7 Å². The van der Waals surface area contributed by atoms with Crippen LogP contribution in [0.1, 0.15) is 26.2 Å². The van der Waals surface area contributed by atoms with E-state index < -0.39 is 13.0 Å². The highest BCUT2D eigenvalue weighted by molar-refractivity contribution is 4.78. The molecule has 3 nitrogen and oxygen atoms in total. The highest BCUT2D eigenvalue weighted by atomic mass is 19.3. The van der Waals surface area contributed by atoms with Crippen LogP contribution in [-0.4, -0.2) is 45.4 Å². The molecule has 1 aliphatic heterocycles. The van der Waals surface area contributed by atoms with E-state index >= 15 is 0 Å². The summed E-state index contributed by atoms with van der Waals surface area (Å²) in [7, 11) is 0. The van der Waals surface area contributed by atoms with E-state index in [1.54, 1.807) is 0 Å². The van der Waals surface area contributed by atoms with E-state index in [2.05, 4.69) is 12.2 Å². The normalized spacial score (nSPS) is 19.8. The van der Waals surface area contributed by atoms with Crippen LogP contribution in [0.5, 0.6) is 0 Å². The Bertz CT molecular complexity index is 187. The Morgan fingerprint density at radius 1 is 1.35 bits per heavy atom. The van der Waals surface area contributed by atoms with E-state index in [0.717, 1.165) is 39.0 Å². The molecule has 1 N–H and O–H groups in total. The van der Waals surface area contributed by atoms with E-state index in [1.165, 1.54) is 0 Å². The van der Waals surface area contributed by atoms with Crippen LogP contribution < -0.4 is 5.32 Å². The minimum Gasteiger partial charge on any atom is -0.381 e. The van der Waals surface area contributed by atoms with Gasteiger partial charge in [-0.05, 0) is 31.7 Å². The lowest BCUT2D eigenvalue weighted by molar-refractivity contribution is 0.00740. The van der Waals surface area contributed by atoms with Crippen molar-refractivity contribution in [2.24, 2.45) is 5.92 Å².